The van der Waals surface area contributed by atoms with Crippen molar-refractivity contribution in [3.05, 3.63) is 122 Å². The van der Waals surface area contributed by atoms with Gasteiger partial charge in [-0.2, -0.15) is 0 Å². The monoisotopic (exact) mass is 528 g/mol. The van der Waals surface area contributed by atoms with Gasteiger partial charge < -0.3 is 4.42 Å². The predicted molar refractivity (Wildman–Crippen MR) is 160 cm³/mol. The van der Waals surface area contributed by atoms with Crippen LogP contribution in [0.25, 0.3) is 78.3 Å². The van der Waals surface area contributed by atoms with Crippen LogP contribution in [0.1, 0.15) is 0 Å². The summed E-state index contributed by atoms with van der Waals surface area (Å²) in [5.74, 6) is 1.18. The minimum atomic E-state index is 0.584. The van der Waals surface area contributed by atoms with Gasteiger partial charge in [-0.1, -0.05) is 36.4 Å². The Kier molecular flexibility index (Phi) is 5.31. The molecule has 0 aliphatic rings. The van der Waals surface area contributed by atoms with Gasteiger partial charge in [-0.25, -0.2) is 15.0 Å². The lowest BCUT2D eigenvalue weighted by molar-refractivity contribution is 0.620. The molecule has 0 saturated carbocycles. The molecule has 0 saturated heterocycles. The molecule has 0 fully saturated rings. The fourth-order valence-electron chi connectivity index (χ4n) is 5.13. The van der Waals surface area contributed by atoms with Crippen LogP contribution in [0, 0.1) is 0 Å². The zero-order valence-corrected chi connectivity index (χ0v) is 21.6. The largest absolute Gasteiger partial charge is 0.436 e. The molecule has 8 aromatic rings. The SMILES string of the molecule is c1cncc(-c2nc(-c3ccc(-c4nc5ccccc5o4)cc3)cc(-c3cc4cccnc4c4ncccc34)n2)c1. The van der Waals surface area contributed by atoms with Gasteiger partial charge in [-0.05, 0) is 60.7 Å². The van der Waals surface area contributed by atoms with Crippen molar-refractivity contribution in [1.29, 1.82) is 0 Å². The van der Waals surface area contributed by atoms with Crippen LogP contribution in [0.3, 0.4) is 0 Å². The Labute approximate surface area is 234 Å². The summed E-state index contributed by atoms with van der Waals surface area (Å²) in [7, 11) is 0. The molecule has 7 nitrogen and oxygen atoms in total. The quantitative estimate of drug-likeness (QED) is 0.215. The van der Waals surface area contributed by atoms with E-state index in [1.165, 1.54) is 0 Å². The number of hydrogen-bond acceptors (Lipinski definition) is 7. The third kappa shape index (κ3) is 4.08. The van der Waals surface area contributed by atoms with E-state index in [4.69, 9.17) is 14.4 Å². The van der Waals surface area contributed by atoms with Crippen molar-refractivity contribution in [2.75, 3.05) is 0 Å². The first kappa shape index (κ1) is 23.1. The van der Waals surface area contributed by atoms with Crippen LogP contribution in [0.15, 0.2) is 126 Å². The lowest BCUT2D eigenvalue weighted by Gasteiger charge is -2.12. The third-order valence-electron chi connectivity index (χ3n) is 7.10. The number of fused-ring (bicyclic) bond motifs is 4. The maximum atomic E-state index is 5.97. The fraction of sp³-hybridized carbons (Fsp3) is 0. The number of oxazole rings is 1. The minimum Gasteiger partial charge on any atom is -0.436 e. The highest BCUT2D eigenvalue weighted by molar-refractivity contribution is 6.09. The van der Waals surface area contributed by atoms with Crippen LogP contribution in [0.5, 0.6) is 0 Å². The summed E-state index contributed by atoms with van der Waals surface area (Å²) in [5, 5.41) is 1.98. The Hall–Kier alpha value is -5.82. The summed E-state index contributed by atoms with van der Waals surface area (Å²) in [6, 6.07) is 31.8. The van der Waals surface area contributed by atoms with E-state index in [-0.39, 0.29) is 0 Å². The normalized spacial score (nSPS) is 11.4. The molecule has 0 atom stereocenters. The van der Waals surface area contributed by atoms with E-state index in [1.54, 1.807) is 24.8 Å². The van der Waals surface area contributed by atoms with Crippen LogP contribution in [-0.4, -0.2) is 29.9 Å². The zero-order chi connectivity index (χ0) is 27.2. The van der Waals surface area contributed by atoms with Crippen molar-refractivity contribution < 1.29 is 4.42 Å². The molecule has 5 heterocycles. The first-order chi connectivity index (χ1) is 20.3. The Morgan fingerprint density at radius 2 is 1.34 bits per heavy atom. The minimum absolute atomic E-state index is 0.584. The molecule has 0 aliphatic carbocycles. The van der Waals surface area contributed by atoms with Gasteiger partial charge in [0.25, 0.3) is 0 Å². The molecule has 0 bridgehead atoms. The standard InChI is InChI=1S/C34H20N6O/c1-2-10-30-27(9-1)40-34(41-30)22-13-11-21(12-14-22)28-19-29(39-33(38-28)24-7-3-15-35-20-24)26-18-23-6-4-16-36-31(23)32-25(26)8-5-17-37-32/h1-20H. The smallest absolute Gasteiger partial charge is 0.227 e. The molecule has 0 aliphatic heterocycles. The maximum absolute atomic E-state index is 5.97. The Bertz CT molecular complexity index is 2180. The lowest BCUT2D eigenvalue weighted by atomic mass is 9.99. The summed E-state index contributed by atoms with van der Waals surface area (Å²) >= 11 is 0. The van der Waals surface area contributed by atoms with E-state index in [0.717, 1.165) is 66.5 Å². The van der Waals surface area contributed by atoms with Gasteiger partial charge in [0.15, 0.2) is 11.4 Å². The topological polar surface area (TPSA) is 90.5 Å². The highest BCUT2D eigenvalue weighted by Gasteiger charge is 2.16. The van der Waals surface area contributed by atoms with Gasteiger partial charge in [0, 0.05) is 57.8 Å². The van der Waals surface area contributed by atoms with E-state index in [9.17, 15) is 0 Å². The summed E-state index contributed by atoms with van der Waals surface area (Å²) < 4.78 is 5.97. The molecule has 41 heavy (non-hydrogen) atoms. The average molecular weight is 529 g/mol. The highest BCUT2D eigenvalue weighted by Crippen LogP contribution is 2.35. The van der Waals surface area contributed by atoms with E-state index < -0.39 is 0 Å². The van der Waals surface area contributed by atoms with Gasteiger partial charge in [0.1, 0.15) is 5.52 Å². The average Bonchev–Trinajstić information content (AvgIpc) is 3.49. The van der Waals surface area contributed by atoms with E-state index >= 15 is 0 Å². The summed E-state index contributed by atoms with van der Waals surface area (Å²) in [4.78, 5) is 28.2. The zero-order valence-electron chi connectivity index (χ0n) is 21.6. The number of para-hydroxylation sites is 2. The number of hydrogen-bond donors (Lipinski definition) is 0. The van der Waals surface area contributed by atoms with Crippen LogP contribution in [0.2, 0.25) is 0 Å². The molecule has 3 aromatic carbocycles. The number of rotatable bonds is 4. The Morgan fingerprint density at radius 3 is 2.20 bits per heavy atom. The Morgan fingerprint density at radius 1 is 0.561 bits per heavy atom. The van der Waals surface area contributed by atoms with E-state index in [1.807, 2.05) is 78.9 Å². The van der Waals surface area contributed by atoms with Crippen molar-refractivity contribution >= 4 is 32.9 Å². The van der Waals surface area contributed by atoms with Crippen molar-refractivity contribution in [3.63, 3.8) is 0 Å². The fourth-order valence-corrected chi connectivity index (χ4v) is 5.13. The number of pyridine rings is 3. The lowest BCUT2D eigenvalue weighted by Crippen LogP contribution is -1.97. The Balaban J connectivity index is 1.30. The van der Waals surface area contributed by atoms with Crippen LogP contribution < -0.4 is 0 Å². The molecule has 0 spiro atoms. The molecule has 0 amide bonds. The van der Waals surface area contributed by atoms with Crippen molar-refractivity contribution in [1.82, 2.24) is 29.9 Å². The summed E-state index contributed by atoms with van der Waals surface area (Å²) in [6.07, 6.45) is 7.12. The third-order valence-corrected chi connectivity index (χ3v) is 7.10. The van der Waals surface area contributed by atoms with Crippen molar-refractivity contribution in [2.45, 2.75) is 0 Å². The number of benzene rings is 3. The van der Waals surface area contributed by atoms with Gasteiger partial charge in [-0.15, -0.1) is 0 Å². The molecular formula is C34H20N6O. The van der Waals surface area contributed by atoms with Gasteiger partial charge in [0.05, 0.1) is 22.4 Å². The van der Waals surface area contributed by atoms with E-state index in [0.29, 0.717) is 11.7 Å². The molecule has 0 radical (unpaired) electrons. The first-order valence-electron chi connectivity index (χ1n) is 13.2. The van der Waals surface area contributed by atoms with E-state index in [2.05, 4.69) is 38.1 Å². The molecule has 7 heteroatoms. The van der Waals surface area contributed by atoms with Crippen molar-refractivity contribution in [3.8, 4) is 45.4 Å². The van der Waals surface area contributed by atoms with Crippen LogP contribution in [0.4, 0.5) is 0 Å². The van der Waals surface area contributed by atoms with Crippen molar-refractivity contribution in [2.24, 2.45) is 0 Å². The summed E-state index contributed by atoms with van der Waals surface area (Å²) in [5.41, 5.74) is 8.53. The number of aromatic nitrogens is 6. The summed E-state index contributed by atoms with van der Waals surface area (Å²) in [6.45, 7) is 0. The van der Waals surface area contributed by atoms with Gasteiger partial charge >= 0.3 is 0 Å². The molecule has 8 rings (SSSR count). The second-order valence-electron chi connectivity index (χ2n) is 9.67. The molecule has 5 aromatic heterocycles. The van der Waals surface area contributed by atoms with Crippen LogP contribution in [-0.2, 0) is 0 Å². The highest BCUT2D eigenvalue weighted by atomic mass is 16.3. The van der Waals surface area contributed by atoms with Gasteiger partial charge in [0.2, 0.25) is 5.89 Å². The number of nitrogens with zero attached hydrogens (tertiary/aromatic N) is 6. The first-order valence-corrected chi connectivity index (χ1v) is 13.2. The predicted octanol–water partition coefficient (Wildman–Crippen LogP) is 7.78. The second kappa shape index (κ2) is 9.43. The molecule has 192 valence electrons. The second-order valence-corrected chi connectivity index (χ2v) is 9.67. The molecule has 0 N–H and O–H groups in total. The van der Waals surface area contributed by atoms with Crippen LogP contribution >= 0.6 is 0 Å². The maximum Gasteiger partial charge on any atom is 0.227 e. The molecular weight excluding hydrogens is 508 g/mol. The van der Waals surface area contributed by atoms with Gasteiger partial charge in [-0.3, -0.25) is 15.0 Å². The molecule has 0 unspecified atom stereocenters.